The van der Waals surface area contributed by atoms with Gasteiger partial charge in [0.05, 0.1) is 6.33 Å². The van der Waals surface area contributed by atoms with Gasteiger partial charge in [0.2, 0.25) is 5.91 Å². The molecule has 0 unspecified atom stereocenters. The lowest BCUT2D eigenvalue weighted by Crippen LogP contribution is -2.46. The Morgan fingerprint density at radius 2 is 2.39 bits per heavy atom. The van der Waals surface area contributed by atoms with Crippen molar-refractivity contribution in [2.45, 2.75) is 56.5 Å². The van der Waals surface area contributed by atoms with Gasteiger partial charge < -0.3 is 20.9 Å². The Morgan fingerprint density at radius 3 is 3.04 bits per heavy atom. The standard InChI is InChI=1S/C16H27N5O.ClH/c1-12-5-2-3-7-21(12)8-4-6-20-16(15(17)22)9-13(16)14-10-18-11-19-14;/h10-13,20H,2-9H2,1H3,(H2,17,22)(H,18,19);1H/t12-,13+,16-;/m0./s1. The predicted molar refractivity (Wildman–Crippen MR) is 92.6 cm³/mol. The van der Waals surface area contributed by atoms with Gasteiger partial charge in [-0.1, -0.05) is 6.42 Å². The number of nitrogens with zero attached hydrogens (tertiary/aromatic N) is 2. The van der Waals surface area contributed by atoms with E-state index in [2.05, 4.69) is 27.1 Å². The number of halogens is 1. The summed E-state index contributed by atoms with van der Waals surface area (Å²) in [5.74, 6) is -0.111. The Kier molecular flexibility index (Phi) is 6.06. The minimum absolute atomic E-state index is 0. The van der Waals surface area contributed by atoms with Crippen LogP contribution in [0, 0.1) is 0 Å². The molecule has 2 aliphatic rings. The molecule has 1 aliphatic heterocycles. The molecule has 7 heteroatoms. The predicted octanol–water partition coefficient (Wildman–Crippen LogP) is 1.40. The number of aromatic amines is 1. The molecular formula is C16H28ClN5O. The molecule has 1 aromatic rings. The first kappa shape index (κ1) is 18.2. The van der Waals surface area contributed by atoms with Crippen molar-refractivity contribution in [2.24, 2.45) is 5.73 Å². The molecule has 0 bridgehead atoms. The first-order valence-electron chi connectivity index (χ1n) is 8.41. The number of primary amides is 1. The van der Waals surface area contributed by atoms with E-state index >= 15 is 0 Å². The number of nitrogens with one attached hydrogen (secondary N) is 2. The Hall–Kier alpha value is -1.11. The van der Waals surface area contributed by atoms with Crippen LogP contribution in [0.2, 0.25) is 0 Å². The van der Waals surface area contributed by atoms with Gasteiger partial charge in [-0.15, -0.1) is 12.4 Å². The topological polar surface area (TPSA) is 87.0 Å². The van der Waals surface area contributed by atoms with Crippen molar-refractivity contribution in [1.82, 2.24) is 20.2 Å². The Bertz CT molecular complexity index is 509. The van der Waals surface area contributed by atoms with E-state index in [-0.39, 0.29) is 24.2 Å². The van der Waals surface area contributed by atoms with E-state index in [1.165, 1.54) is 25.8 Å². The van der Waals surface area contributed by atoms with Crippen molar-refractivity contribution >= 4 is 18.3 Å². The number of piperidine rings is 1. The van der Waals surface area contributed by atoms with Gasteiger partial charge in [0.1, 0.15) is 5.54 Å². The molecule has 6 nitrogen and oxygen atoms in total. The molecular weight excluding hydrogens is 314 g/mol. The second-order valence-electron chi connectivity index (χ2n) is 6.76. The summed E-state index contributed by atoms with van der Waals surface area (Å²) in [5, 5.41) is 3.41. The average molecular weight is 342 g/mol. The smallest absolute Gasteiger partial charge is 0.238 e. The highest BCUT2D eigenvalue weighted by atomic mass is 35.5. The van der Waals surface area contributed by atoms with E-state index in [9.17, 15) is 4.79 Å². The summed E-state index contributed by atoms with van der Waals surface area (Å²) in [6, 6.07) is 0.692. The summed E-state index contributed by atoms with van der Waals surface area (Å²) < 4.78 is 0. The molecule has 2 fully saturated rings. The van der Waals surface area contributed by atoms with Crippen molar-refractivity contribution < 1.29 is 4.79 Å². The maximum absolute atomic E-state index is 11.9. The number of rotatable bonds is 7. The minimum atomic E-state index is -0.569. The van der Waals surface area contributed by atoms with Crippen molar-refractivity contribution in [3.05, 3.63) is 18.2 Å². The maximum atomic E-state index is 11.9. The van der Waals surface area contributed by atoms with Crippen molar-refractivity contribution in [2.75, 3.05) is 19.6 Å². The number of amides is 1. The van der Waals surface area contributed by atoms with Gasteiger partial charge in [0.15, 0.2) is 0 Å². The third kappa shape index (κ3) is 3.87. The van der Waals surface area contributed by atoms with Crippen molar-refractivity contribution in [3.8, 4) is 0 Å². The molecule has 3 rings (SSSR count). The molecule has 1 saturated carbocycles. The maximum Gasteiger partial charge on any atom is 0.238 e. The monoisotopic (exact) mass is 341 g/mol. The van der Waals surface area contributed by atoms with Crippen LogP contribution in [-0.4, -0.2) is 52.0 Å². The number of hydrogen-bond donors (Lipinski definition) is 3. The van der Waals surface area contributed by atoms with Crippen LogP contribution >= 0.6 is 12.4 Å². The van der Waals surface area contributed by atoms with Gasteiger partial charge in [-0.05, 0) is 52.2 Å². The molecule has 0 radical (unpaired) electrons. The van der Waals surface area contributed by atoms with Crippen LogP contribution in [0.5, 0.6) is 0 Å². The first-order valence-corrected chi connectivity index (χ1v) is 8.41. The molecule has 1 amide bonds. The minimum Gasteiger partial charge on any atom is -0.368 e. The molecule has 3 atom stereocenters. The van der Waals surface area contributed by atoms with Crippen LogP contribution in [0.3, 0.4) is 0 Å². The van der Waals surface area contributed by atoms with Crippen LogP contribution in [0.25, 0.3) is 0 Å². The van der Waals surface area contributed by atoms with Gasteiger partial charge in [0.25, 0.3) is 0 Å². The summed E-state index contributed by atoms with van der Waals surface area (Å²) >= 11 is 0. The largest absolute Gasteiger partial charge is 0.368 e. The molecule has 23 heavy (non-hydrogen) atoms. The summed E-state index contributed by atoms with van der Waals surface area (Å²) in [6.07, 6.45) is 9.22. The van der Waals surface area contributed by atoms with Gasteiger partial charge in [-0.2, -0.15) is 0 Å². The molecule has 1 saturated heterocycles. The summed E-state index contributed by atoms with van der Waals surface area (Å²) in [5.41, 5.74) is 6.06. The van der Waals surface area contributed by atoms with E-state index in [0.29, 0.717) is 6.04 Å². The second-order valence-corrected chi connectivity index (χ2v) is 6.76. The summed E-state index contributed by atoms with van der Waals surface area (Å²) in [6.45, 7) is 5.44. The SMILES string of the molecule is C[C@H]1CCCCN1CCCN[C@@]1(C(N)=O)C[C@@H]1c1cnc[nH]1.Cl. The summed E-state index contributed by atoms with van der Waals surface area (Å²) in [4.78, 5) is 21.5. The third-order valence-electron chi connectivity index (χ3n) is 5.30. The number of likely N-dealkylation sites (tertiary alicyclic amines) is 1. The fourth-order valence-electron chi connectivity index (χ4n) is 3.73. The fraction of sp³-hybridized carbons (Fsp3) is 0.750. The van der Waals surface area contributed by atoms with E-state index in [1.807, 2.05) is 0 Å². The number of imidazole rings is 1. The van der Waals surface area contributed by atoms with Crippen LogP contribution in [0.15, 0.2) is 12.5 Å². The van der Waals surface area contributed by atoms with E-state index in [1.54, 1.807) is 12.5 Å². The molecule has 1 aliphatic carbocycles. The van der Waals surface area contributed by atoms with E-state index in [0.717, 1.165) is 31.6 Å². The van der Waals surface area contributed by atoms with E-state index < -0.39 is 5.54 Å². The molecule has 4 N–H and O–H groups in total. The normalized spacial score (nSPS) is 30.7. The van der Waals surface area contributed by atoms with Crippen LogP contribution < -0.4 is 11.1 Å². The Labute approximate surface area is 144 Å². The molecule has 0 aromatic carbocycles. The van der Waals surface area contributed by atoms with Crippen LogP contribution in [-0.2, 0) is 4.79 Å². The van der Waals surface area contributed by atoms with Crippen LogP contribution in [0.4, 0.5) is 0 Å². The number of nitrogens with two attached hydrogens (primary N) is 1. The Morgan fingerprint density at radius 1 is 1.57 bits per heavy atom. The zero-order chi connectivity index (χ0) is 15.6. The lowest BCUT2D eigenvalue weighted by Gasteiger charge is -2.33. The number of aromatic nitrogens is 2. The molecule has 0 spiro atoms. The highest BCUT2D eigenvalue weighted by Gasteiger charge is 2.60. The number of H-pyrrole nitrogens is 1. The zero-order valence-electron chi connectivity index (χ0n) is 13.8. The molecule has 2 heterocycles. The Balaban J connectivity index is 0.00000192. The highest BCUT2D eigenvalue weighted by Crippen LogP contribution is 2.50. The number of carbonyl (C=O) groups is 1. The van der Waals surface area contributed by atoms with Crippen LogP contribution in [0.1, 0.15) is 50.6 Å². The fourth-order valence-corrected chi connectivity index (χ4v) is 3.73. The third-order valence-corrected chi connectivity index (χ3v) is 5.30. The second kappa shape index (κ2) is 7.64. The summed E-state index contributed by atoms with van der Waals surface area (Å²) in [7, 11) is 0. The number of carbonyl (C=O) groups excluding carboxylic acids is 1. The first-order chi connectivity index (χ1) is 10.6. The van der Waals surface area contributed by atoms with E-state index in [4.69, 9.17) is 5.73 Å². The van der Waals surface area contributed by atoms with Crippen molar-refractivity contribution in [1.29, 1.82) is 0 Å². The van der Waals surface area contributed by atoms with Gasteiger partial charge in [0, 0.05) is 23.9 Å². The lowest BCUT2D eigenvalue weighted by molar-refractivity contribution is -0.121. The molecule has 130 valence electrons. The zero-order valence-corrected chi connectivity index (χ0v) is 14.6. The van der Waals surface area contributed by atoms with Gasteiger partial charge >= 0.3 is 0 Å². The molecule has 1 aromatic heterocycles. The lowest BCUT2D eigenvalue weighted by atomic mass is 10.0. The quantitative estimate of drug-likeness (QED) is 0.654. The average Bonchev–Trinajstić information content (AvgIpc) is 3.00. The number of hydrogen-bond acceptors (Lipinski definition) is 4. The van der Waals surface area contributed by atoms with Gasteiger partial charge in [-0.3, -0.25) is 4.79 Å². The van der Waals surface area contributed by atoms with Gasteiger partial charge in [-0.25, -0.2) is 4.98 Å². The highest BCUT2D eigenvalue weighted by molar-refractivity contribution is 5.90. The van der Waals surface area contributed by atoms with Crippen molar-refractivity contribution in [3.63, 3.8) is 0 Å².